The maximum atomic E-state index is 6.40. The van der Waals surface area contributed by atoms with Crippen molar-refractivity contribution in [1.82, 2.24) is 0 Å². The Bertz CT molecular complexity index is 365. The highest BCUT2D eigenvalue weighted by Gasteiger charge is 2.21. The molecule has 0 spiro atoms. The SMILES string of the molecule is CCc1ccc(N(C)CC(N)C2CCCCC2)cc1. The van der Waals surface area contributed by atoms with Gasteiger partial charge in [-0.3, -0.25) is 0 Å². The summed E-state index contributed by atoms with van der Waals surface area (Å²) in [5.74, 6) is 0.728. The van der Waals surface area contributed by atoms with Gasteiger partial charge in [-0.25, -0.2) is 0 Å². The summed E-state index contributed by atoms with van der Waals surface area (Å²) in [5.41, 5.74) is 9.08. The molecule has 106 valence electrons. The molecule has 2 heteroatoms. The van der Waals surface area contributed by atoms with E-state index in [0.717, 1.165) is 18.9 Å². The summed E-state index contributed by atoms with van der Waals surface area (Å²) >= 11 is 0. The summed E-state index contributed by atoms with van der Waals surface area (Å²) < 4.78 is 0. The molecule has 0 bridgehead atoms. The first kappa shape index (κ1) is 14.4. The number of hydrogen-bond acceptors (Lipinski definition) is 2. The van der Waals surface area contributed by atoms with Crippen LogP contribution in [0.1, 0.15) is 44.6 Å². The van der Waals surface area contributed by atoms with Crippen molar-refractivity contribution in [2.75, 3.05) is 18.5 Å². The maximum Gasteiger partial charge on any atom is 0.0364 e. The molecule has 1 saturated carbocycles. The third-order valence-corrected chi connectivity index (χ3v) is 4.53. The number of hydrogen-bond donors (Lipinski definition) is 1. The zero-order chi connectivity index (χ0) is 13.7. The lowest BCUT2D eigenvalue weighted by molar-refractivity contribution is 0.306. The summed E-state index contributed by atoms with van der Waals surface area (Å²) in [4.78, 5) is 2.30. The molecule has 0 aromatic heterocycles. The molecule has 1 aliphatic rings. The number of rotatable bonds is 5. The summed E-state index contributed by atoms with van der Waals surface area (Å²) in [6, 6.07) is 9.19. The van der Waals surface area contributed by atoms with Crippen LogP contribution in [-0.2, 0) is 6.42 Å². The van der Waals surface area contributed by atoms with Crippen LogP contribution in [0, 0.1) is 5.92 Å². The van der Waals surface area contributed by atoms with E-state index in [4.69, 9.17) is 5.73 Å². The number of benzene rings is 1. The van der Waals surface area contributed by atoms with Gasteiger partial charge in [0.1, 0.15) is 0 Å². The Kier molecular flexibility index (Phi) is 5.26. The fourth-order valence-corrected chi connectivity index (χ4v) is 3.12. The molecule has 0 heterocycles. The van der Waals surface area contributed by atoms with Crippen LogP contribution < -0.4 is 10.6 Å². The molecule has 2 nitrogen and oxygen atoms in total. The van der Waals surface area contributed by atoms with Gasteiger partial charge >= 0.3 is 0 Å². The fourth-order valence-electron chi connectivity index (χ4n) is 3.12. The van der Waals surface area contributed by atoms with Crippen LogP contribution >= 0.6 is 0 Å². The predicted molar refractivity (Wildman–Crippen MR) is 83.6 cm³/mol. The first-order valence-corrected chi connectivity index (χ1v) is 7.76. The highest BCUT2D eigenvalue weighted by molar-refractivity contribution is 5.47. The number of anilines is 1. The van der Waals surface area contributed by atoms with Crippen molar-refractivity contribution in [3.63, 3.8) is 0 Å². The van der Waals surface area contributed by atoms with Crippen molar-refractivity contribution < 1.29 is 0 Å². The summed E-state index contributed by atoms with van der Waals surface area (Å²) in [6.45, 7) is 3.16. The Hall–Kier alpha value is -1.02. The maximum absolute atomic E-state index is 6.40. The van der Waals surface area contributed by atoms with Crippen LogP contribution in [0.5, 0.6) is 0 Å². The fraction of sp³-hybridized carbons (Fsp3) is 0.647. The van der Waals surface area contributed by atoms with Crippen molar-refractivity contribution in [3.05, 3.63) is 29.8 Å². The Labute approximate surface area is 118 Å². The molecule has 0 radical (unpaired) electrons. The van der Waals surface area contributed by atoms with Crippen molar-refractivity contribution in [1.29, 1.82) is 0 Å². The lowest BCUT2D eigenvalue weighted by atomic mass is 9.84. The average molecular weight is 260 g/mol. The lowest BCUT2D eigenvalue weighted by Crippen LogP contribution is -2.41. The number of nitrogens with two attached hydrogens (primary N) is 1. The number of nitrogens with zero attached hydrogens (tertiary/aromatic N) is 1. The van der Waals surface area contributed by atoms with E-state index in [0.29, 0.717) is 6.04 Å². The van der Waals surface area contributed by atoms with Gasteiger partial charge < -0.3 is 10.6 Å². The molecule has 1 atom stereocenters. The van der Waals surface area contributed by atoms with E-state index in [1.165, 1.54) is 43.4 Å². The number of likely N-dealkylation sites (N-methyl/N-ethyl adjacent to an activating group) is 1. The molecular weight excluding hydrogens is 232 g/mol. The molecule has 1 unspecified atom stereocenters. The monoisotopic (exact) mass is 260 g/mol. The van der Waals surface area contributed by atoms with Gasteiger partial charge in [0, 0.05) is 25.3 Å². The van der Waals surface area contributed by atoms with Crippen LogP contribution in [0.4, 0.5) is 5.69 Å². The van der Waals surface area contributed by atoms with Gasteiger partial charge in [-0.1, -0.05) is 38.3 Å². The standard InChI is InChI=1S/C17H28N2/c1-3-14-9-11-16(12-10-14)19(2)13-17(18)15-7-5-4-6-8-15/h9-12,15,17H,3-8,13,18H2,1-2H3. The van der Waals surface area contributed by atoms with E-state index in [-0.39, 0.29) is 0 Å². The van der Waals surface area contributed by atoms with Crippen LogP contribution in [0.3, 0.4) is 0 Å². The van der Waals surface area contributed by atoms with E-state index in [9.17, 15) is 0 Å². The van der Waals surface area contributed by atoms with E-state index in [1.807, 2.05) is 0 Å². The summed E-state index contributed by atoms with van der Waals surface area (Å²) in [7, 11) is 2.16. The van der Waals surface area contributed by atoms with Gasteiger partial charge in [0.25, 0.3) is 0 Å². The molecule has 1 aliphatic carbocycles. The van der Waals surface area contributed by atoms with Crippen molar-refractivity contribution >= 4 is 5.69 Å². The second kappa shape index (κ2) is 6.95. The second-order valence-electron chi connectivity index (χ2n) is 5.96. The highest BCUT2D eigenvalue weighted by Crippen LogP contribution is 2.26. The molecule has 1 aromatic carbocycles. The molecule has 1 aromatic rings. The minimum absolute atomic E-state index is 0.316. The van der Waals surface area contributed by atoms with Crippen molar-refractivity contribution in [3.8, 4) is 0 Å². The summed E-state index contributed by atoms with van der Waals surface area (Å²) in [6.07, 6.45) is 7.89. The largest absolute Gasteiger partial charge is 0.373 e. The molecule has 19 heavy (non-hydrogen) atoms. The smallest absolute Gasteiger partial charge is 0.0364 e. The van der Waals surface area contributed by atoms with Crippen LogP contribution in [0.2, 0.25) is 0 Å². The normalized spacial score (nSPS) is 18.3. The average Bonchev–Trinajstić information content (AvgIpc) is 2.48. The quantitative estimate of drug-likeness (QED) is 0.876. The zero-order valence-corrected chi connectivity index (χ0v) is 12.4. The van der Waals surface area contributed by atoms with Gasteiger partial charge in [0.2, 0.25) is 0 Å². The highest BCUT2D eigenvalue weighted by atomic mass is 15.1. The van der Waals surface area contributed by atoms with Gasteiger partial charge in [0.05, 0.1) is 0 Å². The Balaban J connectivity index is 1.89. The van der Waals surface area contributed by atoms with E-state index in [1.54, 1.807) is 0 Å². The molecule has 0 amide bonds. The predicted octanol–water partition coefficient (Wildman–Crippen LogP) is 3.59. The first-order chi connectivity index (χ1) is 9.20. The first-order valence-electron chi connectivity index (χ1n) is 7.76. The lowest BCUT2D eigenvalue weighted by Gasteiger charge is -2.31. The number of aryl methyl sites for hydroxylation is 1. The van der Waals surface area contributed by atoms with Crippen LogP contribution in [0.25, 0.3) is 0 Å². The van der Waals surface area contributed by atoms with Crippen LogP contribution in [-0.4, -0.2) is 19.6 Å². The van der Waals surface area contributed by atoms with Gasteiger partial charge in [-0.2, -0.15) is 0 Å². The molecular formula is C17H28N2. The Morgan fingerprint density at radius 1 is 1.16 bits per heavy atom. The topological polar surface area (TPSA) is 29.3 Å². The van der Waals surface area contributed by atoms with Crippen molar-refractivity contribution in [2.24, 2.45) is 11.7 Å². The van der Waals surface area contributed by atoms with Gasteiger partial charge in [-0.05, 0) is 42.9 Å². The Morgan fingerprint density at radius 3 is 2.37 bits per heavy atom. The minimum atomic E-state index is 0.316. The zero-order valence-electron chi connectivity index (χ0n) is 12.4. The van der Waals surface area contributed by atoms with E-state index < -0.39 is 0 Å². The van der Waals surface area contributed by atoms with E-state index >= 15 is 0 Å². The minimum Gasteiger partial charge on any atom is -0.373 e. The summed E-state index contributed by atoms with van der Waals surface area (Å²) in [5, 5.41) is 0. The van der Waals surface area contributed by atoms with Gasteiger partial charge in [-0.15, -0.1) is 0 Å². The molecule has 2 rings (SSSR count). The van der Waals surface area contributed by atoms with Crippen LogP contribution in [0.15, 0.2) is 24.3 Å². The third-order valence-electron chi connectivity index (χ3n) is 4.53. The van der Waals surface area contributed by atoms with E-state index in [2.05, 4.69) is 43.1 Å². The molecule has 2 N–H and O–H groups in total. The van der Waals surface area contributed by atoms with Crippen molar-refractivity contribution in [2.45, 2.75) is 51.5 Å². The molecule has 0 saturated heterocycles. The molecule has 0 aliphatic heterocycles. The third kappa shape index (κ3) is 3.97. The van der Waals surface area contributed by atoms with Gasteiger partial charge in [0.15, 0.2) is 0 Å². The second-order valence-corrected chi connectivity index (χ2v) is 5.96. The Morgan fingerprint density at radius 2 is 1.79 bits per heavy atom. The molecule has 1 fully saturated rings.